The van der Waals surface area contributed by atoms with E-state index in [4.69, 9.17) is 10.5 Å². The van der Waals surface area contributed by atoms with Crippen molar-refractivity contribution in [1.29, 1.82) is 0 Å². The van der Waals surface area contributed by atoms with Gasteiger partial charge in [-0.25, -0.2) is 0 Å². The third-order valence-corrected chi connectivity index (χ3v) is 4.17. The van der Waals surface area contributed by atoms with Gasteiger partial charge in [-0.15, -0.1) is 0 Å². The van der Waals surface area contributed by atoms with Gasteiger partial charge >= 0.3 is 0 Å². The lowest BCUT2D eigenvalue weighted by Gasteiger charge is -2.47. The first-order chi connectivity index (χ1) is 8.08. The van der Waals surface area contributed by atoms with Crippen molar-refractivity contribution in [3.05, 3.63) is 28.2 Å². The number of anilines is 1. The van der Waals surface area contributed by atoms with Crippen LogP contribution in [0.3, 0.4) is 0 Å². The maximum Gasteiger partial charge on any atom is 0.0616 e. The molecular weight excluding hydrogens is 280 g/mol. The summed E-state index contributed by atoms with van der Waals surface area (Å²) in [6.07, 6.45) is 2.29. The van der Waals surface area contributed by atoms with E-state index in [-0.39, 0.29) is 5.54 Å². The fourth-order valence-corrected chi connectivity index (χ4v) is 2.66. The third-order valence-electron chi connectivity index (χ3n) is 3.48. The minimum Gasteiger partial charge on any atom is -0.381 e. The van der Waals surface area contributed by atoms with Gasteiger partial charge in [-0.1, -0.05) is 6.07 Å². The first-order valence-corrected chi connectivity index (χ1v) is 6.65. The second-order valence-electron chi connectivity index (χ2n) is 4.86. The van der Waals surface area contributed by atoms with E-state index in [0.29, 0.717) is 12.6 Å². The molecule has 3 nitrogen and oxygen atoms in total. The lowest BCUT2D eigenvalue weighted by molar-refractivity contribution is -0.00247. The molecule has 0 heterocycles. The van der Waals surface area contributed by atoms with Crippen molar-refractivity contribution in [2.75, 3.05) is 19.0 Å². The fraction of sp³-hybridized carbons (Fsp3) is 0.538. The predicted molar refractivity (Wildman–Crippen MR) is 74.3 cm³/mol. The number of nitrogens with two attached hydrogens (primary N) is 1. The zero-order valence-electron chi connectivity index (χ0n) is 10.3. The molecule has 1 fully saturated rings. The van der Waals surface area contributed by atoms with E-state index in [2.05, 4.69) is 46.4 Å². The smallest absolute Gasteiger partial charge is 0.0616 e. The maximum atomic E-state index is 5.89. The van der Waals surface area contributed by atoms with Crippen LogP contribution in [-0.4, -0.2) is 25.3 Å². The molecule has 0 saturated heterocycles. The molecule has 0 atom stereocenters. The maximum absolute atomic E-state index is 5.89. The molecule has 0 unspecified atom stereocenters. The van der Waals surface area contributed by atoms with Crippen LogP contribution in [0.2, 0.25) is 0 Å². The first kappa shape index (κ1) is 12.9. The number of halogens is 1. The van der Waals surface area contributed by atoms with Gasteiger partial charge in [-0.3, -0.25) is 0 Å². The second kappa shape index (κ2) is 4.96. The predicted octanol–water partition coefficient (Wildman–Crippen LogP) is 2.68. The SMILES string of the molecule is COC1CC(CN)(Nc2cc(C)ccc2Br)C1. The Labute approximate surface area is 111 Å². The molecule has 4 heteroatoms. The van der Waals surface area contributed by atoms with Crippen molar-refractivity contribution >= 4 is 21.6 Å². The Morgan fingerprint density at radius 3 is 2.82 bits per heavy atom. The van der Waals surface area contributed by atoms with Gasteiger partial charge in [0.2, 0.25) is 0 Å². The van der Waals surface area contributed by atoms with Crippen LogP contribution < -0.4 is 11.1 Å². The number of hydrogen-bond acceptors (Lipinski definition) is 3. The first-order valence-electron chi connectivity index (χ1n) is 5.86. The van der Waals surface area contributed by atoms with Crippen molar-refractivity contribution in [3.8, 4) is 0 Å². The van der Waals surface area contributed by atoms with E-state index >= 15 is 0 Å². The van der Waals surface area contributed by atoms with Crippen molar-refractivity contribution in [1.82, 2.24) is 0 Å². The van der Waals surface area contributed by atoms with Gasteiger partial charge in [0.1, 0.15) is 0 Å². The van der Waals surface area contributed by atoms with Crippen LogP contribution in [0.25, 0.3) is 0 Å². The van der Waals surface area contributed by atoms with E-state index in [1.54, 1.807) is 7.11 Å². The number of rotatable bonds is 4. The highest BCUT2D eigenvalue weighted by molar-refractivity contribution is 9.10. The number of methoxy groups -OCH3 is 1. The van der Waals surface area contributed by atoms with E-state index in [1.807, 2.05) is 0 Å². The molecule has 1 aromatic carbocycles. The number of aryl methyl sites for hydroxylation is 1. The molecule has 2 rings (SSSR count). The standard InChI is InChI=1S/C13H19BrN2O/c1-9-3-4-11(14)12(5-9)16-13(8-15)6-10(7-13)17-2/h3-5,10,16H,6-8,15H2,1-2H3. The summed E-state index contributed by atoms with van der Waals surface area (Å²) in [5.41, 5.74) is 8.24. The van der Waals surface area contributed by atoms with E-state index in [9.17, 15) is 0 Å². The Bertz CT molecular complexity index is 402. The van der Waals surface area contributed by atoms with Gasteiger partial charge in [0.15, 0.2) is 0 Å². The zero-order chi connectivity index (χ0) is 12.5. The fourth-order valence-electron chi connectivity index (χ4n) is 2.32. The van der Waals surface area contributed by atoms with Crippen LogP contribution >= 0.6 is 15.9 Å². The summed E-state index contributed by atoms with van der Waals surface area (Å²) in [5.74, 6) is 0. The quantitative estimate of drug-likeness (QED) is 0.898. The van der Waals surface area contributed by atoms with Crippen molar-refractivity contribution in [2.24, 2.45) is 5.73 Å². The van der Waals surface area contributed by atoms with Crippen LogP contribution in [-0.2, 0) is 4.74 Å². The van der Waals surface area contributed by atoms with Crippen molar-refractivity contribution in [3.63, 3.8) is 0 Å². The minimum atomic E-state index is -0.00299. The zero-order valence-corrected chi connectivity index (χ0v) is 11.9. The van der Waals surface area contributed by atoms with Gasteiger partial charge in [-0.05, 0) is 53.4 Å². The lowest BCUT2D eigenvalue weighted by atomic mass is 9.74. The lowest BCUT2D eigenvalue weighted by Crippen LogP contribution is -2.58. The third kappa shape index (κ3) is 2.64. The molecule has 0 aliphatic heterocycles. The average Bonchev–Trinajstić information content (AvgIpc) is 2.27. The minimum absolute atomic E-state index is 0.00299. The molecule has 1 aliphatic rings. The monoisotopic (exact) mass is 298 g/mol. The number of hydrogen-bond donors (Lipinski definition) is 2. The largest absolute Gasteiger partial charge is 0.381 e. The summed E-state index contributed by atoms with van der Waals surface area (Å²) in [4.78, 5) is 0. The van der Waals surface area contributed by atoms with Crippen LogP contribution in [0.4, 0.5) is 5.69 Å². The Balaban J connectivity index is 2.12. The molecule has 0 aromatic heterocycles. The molecule has 1 aliphatic carbocycles. The van der Waals surface area contributed by atoms with Gasteiger partial charge in [0.25, 0.3) is 0 Å². The van der Waals surface area contributed by atoms with Crippen LogP contribution in [0.15, 0.2) is 22.7 Å². The van der Waals surface area contributed by atoms with Gasteiger partial charge in [0.05, 0.1) is 11.6 Å². The van der Waals surface area contributed by atoms with Crippen LogP contribution in [0.5, 0.6) is 0 Å². The van der Waals surface area contributed by atoms with Gasteiger partial charge in [-0.2, -0.15) is 0 Å². The molecule has 0 radical (unpaired) electrons. The number of ether oxygens (including phenoxy) is 1. The molecule has 0 amide bonds. The van der Waals surface area contributed by atoms with Crippen molar-refractivity contribution < 1.29 is 4.74 Å². The Morgan fingerprint density at radius 1 is 1.53 bits per heavy atom. The van der Waals surface area contributed by atoms with Crippen LogP contribution in [0, 0.1) is 6.92 Å². The van der Waals surface area contributed by atoms with Gasteiger partial charge < -0.3 is 15.8 Å². The highest BCUT2D eigenvalue weighted by atomic mass is 79.9. The van der Waals surface area contributed by atoms with E-state index < -0.39 is 0 Å². The van der Waals surface area contributed by atoms with Crippen molar-refractivity contribution in [2.45, 2.75) is 31.4 Å². The summed E-state index contributed by atoms with van der Waals surface area (Å²) >= 11 is 3.56. The van der Waals surface area contributed by atoms with E-state index in [0.717, 1.165) is 23.0 Å². The summed E-state index contributed by atoms with van der Waals surface area (Å²) in [6.45, 7) is 2.72. The molecule has 3 N–H and O–H groups in total. The summed E-state index contributed by atoms with van der Waals surface area (Å²) in [5, 5.41) is 3.56. The van der Waals surface area contributed by atoms with Crippen LogP contribution in [0.1, 0.15) is 18.4 Å². The Kier molecular flexibility index (Phi) is 3.76. The summed E-state index contributed by atoms with van der Waals surface area (Å²) in [7, 11) is 1.76. The highest BCUT2D eigenvalue weighted by Crippen LogP contribution is 2.38. The molecule has 94 valence electrons. The highest BCUT2D eigenvalue weighted by Gasteiger charge is 2.43. The average molecular weight is 299 g/mol. The van der Waals surface area contributed by atoms with Gasteiger partial charge in [0, 0.05) is 23.8 Å². The molecular formula is C13H19BrN2O. The number of nitrogens with one attached hydrogen (secondary N) is 1. The molecule has 1 aromatic rings. The Morgan fingerprint density at radius 2 is 2.24 bits per heavy atom. The van der Waals surface area contributed by atoms with E-state index in [1.165, 1.54) is 5.56 Å². The molecule has 0 spiro atoms. The number of benzene rings is 1. The molecule has 17 heavy (non-hydrogen) atoms. The second-order valence-corrected chi connectivity index (χ2v) is 5.71. The summed E-state index contributed by atoms with van der Waals surface area (Å²) < 4.78 is 6.41. The normalized spacial score (nSPS) is 27.6. The summed E-state index contributed by atoms with van der Waals surface area (Å²) in [6, 6.07) is 6.29. The Hall–Kier alpha value is -0.580. The topological polar surface area (TPSA) is 47.3 Å². The molecule has 0 bridgehead atoms. The molecule has 1 saturated carbocycles.